The molecule has 4 rings (SSSR count). The van der Waals surface area contributed by atoms with Crippen LogP contribution in [0, 0.1) is 0 Å². The molecule has 1 fully saturated rings. The van der Waals surface area contributed by atoms with E-state index in [2.05, 4.69) is 9.97 Å². The number of rotatable bonds is 3. The number of hydrogen-bond donors (Lipinski definition) is 3. The first-order valence-corrected chi connectivity index (χ1v) is 8.23. The third-order valence-electron chi connectivity index (χ3n) is 4.17. The van der Waals surface area contributed by atoms with E-state index >= 15 is 0 Å². The Balaban J connectivity index is 1.90. The number of nitrogens with zero attached hydrogens (tertiary/aromatic N) is 3. The van der Waals surface area contributed by atoms with Gasteiger partial charge in [0.15, 0.2) is 12.4 Å². The summed E-state index contributed by atoms with van der Waals surface area (Å²) in [5.74, 6) is 0.287. The molecule has 0 spiro atoms. The van der Waals surface area contributed by atoms with E-state index < -0.39 is 31.2 Å². The Morgan fingerprint density at radius 2 is 2.25 bits per heavy atom. The van der Waals surface area contributed by atoms with E-state index in [1.165, 1.54) is 22.2 Å². The van der Waals surface area contributed by atoms with Gasteiger partial charge in [0, 0.05) is 16.6 Å². The van der Waals surface area contributed by atoms with Crippen LogP contribution in [0.4, 0.5) is 10.2 Å². The van der Waals surface area contributed by atoms with Crippen LogP contribution in [0.1, 0.15) is 6.23 Å². The van der Waals surface area contributed by atoms with Crippen molar-refractivity contribution in [2.24, 2.45) is 0 Å². The summed E-state index contributed by atoms with van der Waals surface area (Å²) in [5.41, 5.74) is 7.20. The molecule has 24 heavy (non-hydrogen) atoms. The smallest absolute Gasteiger partial charge is 0.173 e. The molecular formula is C15H15FN4O3S. The molecular weight excluding hydrogens is 335 g/mol. The van der Waals surface area contributed by atoms with Gasteiger partial charge in [-0.1, -0.05) is 6.07 Å². The number of nitrogen functional groups attached to an aromatic ring is 1. The summed E-state index contributed by atoms with van der Waals surface area (Å²) >= 11 is 1.51. The molecule has 1 aliphatic rings. The third kappa shape index (κ3) is 2.20. The second-order valence-corrected chi connectivity index (χ2v) is 6.52. The van der Waals surface area contributed by atoms with E-state index in [9.17, 15) is 14.6 Å². The first-order valence-electron chi connectivity index (χ1n) is 7.35. The molecule has 126 valence electrons. The van der Waals surface area contributed by atoms with Crippen molar-refractivity contribution in [2.75, 3.05) is 12.3 Å². The Bertz CT molecular complexity index is 869. The van der Waals surface area contributed by atoms with Crippen LogP contribution in [-0.2, 0) is 4.74 Å². The predicted octanol–water partition coefficient (Wildman–Crippen LogP) is 1.33. The Hall–Kier alpha value is -2.07. The lowest BCUT2D eigenvalue weighted by molar-refractivity contribution is -0.0457. The van der Waals surface area contributed by atoms with Crippen molar-refractivity contribution in [1.29, 1.82) is 0 Å². The van der Waals surface area contributed by atoms with Crippen molar-refractivity contribution in [1.82, 2.24) is 14.5 Å². The lowest BCUT2D eigenvalue weighted by Crippen LogP contribution is -2.30. The van der Waals surface area contributed by atoms with E-state index in [0.717, 1.165) is 10.4 Å². The summed E-state index contributed by atoms with van der Waals surface area (Å²) in [7, 11) is 0. The van der Waals surface area contributed by atoms with Gasteiger partial charge < -0.3 is 25.3 Å². The maximum absolute atomic E-state index is 14.5. The molecule has 9 heteroatoms. The number of hydrogen-bond acceptors (Lipinski definition) is 7. The van der Waals surface area contributed by atoms with Gasteiger partial charge in [0.05, 0.1) is 12.0 Å². The van der Waals surface area contributed by atoms with Gasteiger partial charge in [0.25, 0.3) is 0 Å². The van der Waals surface area contributed by atoms with Crippen LogP contribution in [0.3, 0.4) is 0 Å². The van der Waals surface area contributed by atoms with Crippen LogP contribution in [0.5, 0.6) is 0 Å². The Labute approximate surface area is 140 Å². The molecule has 0 saturated carbocycles. The molecule has 0 bridgehead atoms. The third-order valence-corrected chi connectivity index (χ3v) is 5.08. The first-order chi connectivity index (χ1) is 11.6. The Morgan fingerprint density at radius 3 is 2.92 bits per heavy atom. The second kappa shape index (κ2) is 5.78. The van der Waals surface area contributed by atoms with Crippen LogP contribution < -0.4 is 5.73 Å². The Morgan fingerprint density at radius 1 is 1.42 bits per heavy atom. The molecule has 3 aromatic heterocycles. The van der Waals surface area contributed by atoms with E-state index in [1.807, 2.05) is 17.5 Å². The predicted molar refractivity (Wildman–Crippen MR) is 87.2 cm³/mol. The van der Waals surface area contributed by atoms with Gasteiger partial charge in [-0.3, -0.25) is 0 Å². The van der Waals surface area contributed by atoms with Crippen LogP contribution in [0.25, 0.3) is 21.5 Å². The maximum Gasteiger partial charge on any atom is 0.173 e. The monoisotopic (exact) mass is 350 g/mol. The zero-order valence-electron chi connectivity index (χ0n) is 12.4. The molecule has 0 amide bonds. The van der Waals surface area contributed by atoms with Crippen LogP contribution in [-0.4, -0.2) is 49.7 Å². The zero-order chi connectivity index (χ0) is 16.8. The van der Waals surface area contributed by atoms with Crippen molar-refractivity contribution in [3.8, 4) is 10.4 Å². The van der Waals surface area contributed by atoms with Crippen molar-refractivity contribution >= 4 is 28.2 Å². The summed E-state index contributed by atoms with van der Waals surface area (Å²) in [4.78, 5) is 9.17. The molecule has 4 atom stereocenters. The number of halogens is 1. The summed E-state index contributed by atoms with van der Waals surface area (Å²) < 4.78 is 21.5. The van der Waals surface area contributed by atoms with Crippen LogP contribution in [0.15, 0.2) is 30.0 Å². The lowest BCUT2D eigenvalue weighted by Gasteiger charge is -2.15. The lowest BCUT2D eigenvalue weighted by atomic mass is 10.1. The number of thiophene rings is 1. The highest BCUT2D eigenvalue weighted by Crippen LogP contribution is 2.40. The standard InChI is InChI=1S/C15H15FN4O3S/c16-11-12(22)8(5-21)23-15(11)20-4-7(9-2-1-3-24-9)10-13(17)18-6-19-14(10)20/h1-4,6,8,11-12,15,21-22H,5H2,(H2,17,18,19)/t8-,11+,12-,15-/m1/s1. The van der Waals surface area contributed by atoms with E-state index in [-0.39, 0.29) is 5.82 Å². The number of ether oxygens (including phenoxy) is 1. The topological polar surface area (TPSA) is 106 Å². The van der Waals surface area contributed by atoms with Crippen molar-refractivity contribution < 1.29 is 19.3 Å². The van der Waals surface area contributed by atoms with Crippen LogP contribution >= 0.6 is 11.3 Å². The van der Waals surface area contributed by atoms with Gasteiger partial charge in [-0.25, -0.2) is 14.4 Å². The normalized spacial score (nSPS) is 27.1. The number of aromatic nitrogens is 3. The van der Waals surface area contributed by atoms with Crippen molar-refractivity contribution in [3.05, 3.63) is 30.0 Å². The van der Waals surface area contributed by atoms with E-state index in [0.29, 0.717) is 11.0 Å². The van der Waals surface area contributed by atoms with Crippen LogP contribution in [0.2, 0.25) is 0 Å². The molecule has 0 aromatic carbocycles. The number of aliphatic hydroxyl groups excluding tert-OH is 2. The average Bonchev–Trinajstić information content (AvgIpc) is 3.28. The fraction of sp³-hybridized carbons (Fsp3) is 0.333. The molecule has 4 heterocycles. The second-order valence-electron chi connectivity index (χ2n) is 5.57. The minimum Gasteiger partial charge on any atom is -0.394 e. The summed E-state index contributed by atoms with van der Waals surface area (Å²) in [5, 5.41) is 21.6. The highest BCUT2D eigenvalue weighted by molar-refractivity contribution is 7.13. The number of aliphatic hydroxyl groups is 2. The largest absolute Gasteiger partial charge is 0.394 e. The minimum absolute atomic E-state index is 0.287. The van der Waals surface area contributed by atoms with Gasteiger partial charge in [0.1, 0.15) is 30.0 Å². The SMILES string of the molecule is Nc1ncnc2c1c(-c1cccs1)cn2[C@@H]1O[C@H](CO)[C@@H](O)[C@@H]1F. The number of alkyl halides is 1. The van der Waals surface area contributed by atoms with Crippen molar-refractivity contribution in [2.45, 2.75) is 24.6 Å². The average molecular weight is 350 g/mol. The zero-order valence-corrected chi connectivity index (χ0v) is 13.2. The van der Waals surface area contributed by atoms with Gasteiger partial charge in [-0.15, -0.1) is 11.3 Å². The first kappa shape index (κ1) is 15.5. The maximum atomic E-state index is 14.5. The van der Waals surface area contributed by atoms with Gasteiger partial charge in [0.2, 0.25) is 0 Å². The fourth-order valence-corrected chi connectivity index (χ4v) is 3.74. The van der Waals surface area contributed by atoms with E-state index in [1.54, 1.807) is 6.20 Å². The highest BCUT2D eigenvalue weighted by Gasteiger charge is 2.45. The number of fused-ring (bicyclic) bond motifs is 1. The van der Waals surface area contributed by atoms with E-state index in [4.69, 9.17) is 10.5 Å². The molecule has 4 N–H and O–H groups in total. The Kier molecular flexibility index (Phi) is 3.72. The molecule has 0 radical (unpaired) electrons. The number of anilines is 1. The van der Waals surface area contributed by atoms with Gasteiger partial charge in [-0.05, 0) is 11.4 Å². The highest BCUT2D eigenvalue weighted by atomic mass is 32.1. The van der Waals surface area contributed by atoms with Crippen molar-refractivity contribution in [3.63, 3.8) is 0 Å². The number of nitrogens with two attached hydrogens (primary N) is 1. The molecule has 0 unspecified atom stereocenters. The van der Waals surface area contributed by atoms with Gasteiger partial charge >= 0.3 is 0 Å². The molecule has 0 aliphatic carbocycles. The molecule has 1 saturated heterocycles. The summed E-state index contributed by atoms with van der Waals surface area (Å²) in [6, 6.07) is 3.82. The summed E-state index contributed by atoms with van der Waals surface area (Å²) in [6.45, 7) is -0.466. The molecule has 3 aromatic rings. The summed E-state index contributed by atoms with van der Waals surface area (Å²) in [6.07, 6.45) is -2.17. The van der Waals surface area contributed by atoms with Gasteiger partial charge in [-0.2, -0.15) is 0 Å². The quantitative estimate of drug-likeness (QED) is 0.658. The molecule has 1 aliphatic heterocycles. The molecule has 7 nitrogen and oxygen atoms in total. The fourth-order valence-electron chi connectivity index (χ4n) is 3.00. The minimum atomic E-state index is -1.69.